The molecule has 1 atom stereocenters. The SMILES string of the molecule is CCNC(CCc1ccsc1)c1cccc(Br)c1F. The minimum absolute atomic E-state index is 0.0578. The predicted octanol–water partition coefficient (Wildman–Crippen LogP) is 4.93. The zero-order chi connectivity index (χ0) is 13.7. The van der Waals surface area contributed by atoms with Crippen molar-refractivity contribution in [1.29, 1.82) is 0 Å². The quantitative estimate of drug-likeness (QED) is 0.785. The van der Waals surface area contributed by atoms with Gasteiger partial charge in [0.15, 0.2) is 0 Å². The minimum atomic E-state index is -0.154. The van der Waals surface area contributed by atoms with Crippen molar-refractivity contribution in [1.82, 2.24) is 5.32 Å². The molecule has 0 fully saturated rings. The van der Waals surface area contributed by atoms with E-state index >= 15 is 0 Å². The van der Waals surface area contributed by atoms with Gasteiger partial charge >= 0.3 is 0 Å². The first-order chi connectivity index (χ1) is 9.22. The molecule has 1 nitrogen and oxygen atoms in total. The number of benzene rings is 1. The van der Waals surface area contributed by atoms with Crippen LogP contribution >= 0.6 is 27.3 Å². The summed E-state index contributed by atoms with van der Waals surface area (Å²) in [5.41, 5.74) is 2.06. The minimum Gasteiger partial charge on any atom is -0.310 e. The Balaban J connectivity index is 2.12. The number of rotatable bonds is 6. The van der Waals surface area contributed by atoms with Crippen LogP contribution in [0.2, 0.25) is 0 Å². The van der Waals surface area contributed by atoms with Crippen LogP contribution in [0.1, 0.15) is 30.5 Å². The summed E-state index contributed by atoms with van der Waals surface area (Å²) in [7, 11) is 0. The second kappa shape index (κ2) is 7.17. The maximum absolute atomic E-state index is 14.2. The normalized spacial score (nSPS) is 12.6. The molecule has 0 aliphatic heterocycles. The van der Waals surface area contributed by atoms with Gasteiger partial charge in [-0.3, -0.25) is 0 Å². The third-order valence-corrected chi connectivity index (χ3v) is 4.45. The van der Waals surface area contributed by atoms with Gasteiger partial charge in [-0.05, 0) is 63.8 Å². The number of hydrogen-bond donors (Lipinski definition) is 1. The van der Waals surface area contributed by atoms with Gasteiger partial charge in [-0.25, -0.2) is 4.39 Å². The molecule has 1 N–H and O–H groups in total. The molecule has 0 spiro atoms. The maximum Gasteiger partial charge on any atom is 0.142 e. The molecule has 0 radical (unpaired) electrons. The molecule has 2 aromatic rings. The van der Waals surface area contributed by atoms with Crippen molar-refractivity contribution >= 4 is 27.3 Å². The van der Waals surface area contributed by atoms with Crippen LogP contribution in [-0.2, 0) is 6.42 Å². The Morgan fingerprint density at radius 1 is 1.37 bits per heavy atom. The van der Waals surface area contributed by atoms with Crippen LogP contribution < -0.4 is 5.32 Å². The van der Waals surface area contributed by atoms with Crippen LogP contribution in [0.3, 0.4) is 0 Å². The van der Waals surface area contributed by atoms with E-state index in [1.54, 1.807) is 17.4 Å². The molecule has 19 heavy (non-hydrogen) atoms. The second-order valence-corrected chi connectivity index (χ2v) is 6.06. The molecule has 1 aromatic heterocycles. The van der Waals surface area contributed by atoms with E-state index in [-0.39, 0.29) is 11.9 Å². The zero-order valence-corrected chi connectivity index (χ0v) is 13.2. The number of thiophene rings is 1. The highest BCUT2D eigenvalue weighted by Crippen LogP contribution is 2.27. The van der Waals surface area contributed by atoms with Crippen molar-refractivity contribution < 1.29 is 4.39 Å². The first-order valence-electron chi connectivity index (χ1n) is 6.40. The zero-order valence-electron chi connectivity index (χ0n) is 10.8. The van der Waals surface area contributed by atoms with Gasteiger partial charge in [0.2, 0.25) is 0 Å². The largest absolute Gasteiger partial charge is 0.310 e. The van der Waals surface area contributed by atoms with Gasteiger partial charge in [0, 0.05) is 11.6 Å². The van der Waals surface area contributed by atoms with Crippen LogP contribution in [0, 0.1) is 5.82 Å². The molecule has 1 aromatic carbocycles. The van der Waals surface area contributed by atoms with E-state index in [2.05, 4.69) is 38.1 Å². The van der Waals surface area contributed by atoms with Crippen molar-refractivity contribution in [3.05, 3.63) is 56.4 Å². The van der Waals surface area contributed by atoms with Crippen molar-refractivity contribution in [2.45, 2.75) is 25.8 Å². The lowest BCUT2D eigenvalue weighted by molar-refractivity contribution is 0.484. The molecule has 102 valence electrons. The fourth-order valence-electron chi connectivity index (χ4n) is 2.15. The van der Waals surface area contributed by atoms with E-state index in [0.29, 0.717) is 4.47 Å². The molecular weight excluding hydrogens is 325 g/mol. The van der Waals surface area contributed by atoms with Gasteiger partial charge < -0.3 is 5.32 Å². The number of nitrogens with one attached hydrogen (secondary N) is 1. The first kappa shape index (κ1) is 14.7. The summed E-state index contributed by atoms with van der Waals surface area (Å²) in [6.45, 7) is 2.88. The lowest BCUT2D eigenvalue weighted by atomic mass is 9.99. The fourth-order valence-corrected chi connectivity index (χ4v) is 3.23. The van der Waals surface area contributed by atoms with E-state index in [1.807, 2.05) is 19.1 Å². The average Bonchev–Trinajstić information content (AvgIpc) is 2.91. The highest BCUT2D eigenvalue weighted by atomic mass is 79.9. The smallest absolute Gasteiger partial charge is 0.142 e. The van der Waals surface area contributed by atoms with E-state index in [4.69, 9.17) is 0 Å². The van der Waals surface area contributed by atoms with Crippen LogP contribution in [0.4, 0.5) is 4.39 Å². The monoisotopic (exact) mass is 341 g/mol. The van der Waals surface area contributed by atoms with E-state index < -0.39 is 0 Å². The summed E-state index contributed by atoms with van der Waals surface area (Å²) in [4.78, 5) is 0. The number of aryl methyl sites for hydroxylation is 1. The summed E-state index contributed by atoms with van der Waals surface area (Å²) in [5.74, 6) is -0.154. The molecule has 2 rings (SSSR count). The van der Waals surface area contributed by atoms with E-state index in [9.17, 15) is 4.39 Å². The standard InChI is InChI=1S/C15H17BrFNS/c1-2-18-14(7-6-11-8-9-19-10-11)12-4-3-5-13(16)15(12)17/h3-5,8-10,14,18H,2,6-7H2,1H3. The van der Waals surface area contributed by atoms with Gasteiger partial charge in [0.1, 0.15) is 5.82 Å². The summed E-state index contributed by atoms with van der Waals surface area (Å²) < 4.78 is 14.7. The molecule has 0 bridgehead atoms. The summed E-state index contributed by atoms with van der Waals surface area (Å²) in [6, 6.07) is 7.67. The predicted molar refractivity (Wildman–Crippen MR) is 83.2 cm³/mol. The molecule has 1 heterocycles. The first-order valence-corrected chi connectivity index (χ1v) is 8.14. The number of hydrogen-bond acceptors (Lipinski definition) is 2. The number of halogens is 2. The highest BCUT2D eigenvalue weighted by molar-refractivity contribution is 9.10. The van der Waals surface area contributed by atoms with E-state index in [1.165, 1.54) is 5.56 Å². The Hall–Kier alpha value is -0.710. The highest BCUT2D eigenvalue weighted by Gasteiger charge is 2.16. The molecule has 0 amide bonds. The third-order valence-electron chi connectivity index (χ3n) is 3.11. The van der Waals surface area contributed by atoms with Gasteiger partial charge in [-0.15, -0.1) is 0 Å². The molecule has 0 aliphatic carbocycles. The van der Waals surface area contributed by atoms with Crippen LogP contribution in [0.25, 0.3) is 0 Å². The topological polar surface area (TPSA) is 12.0 Å². The Kier molecular flexibility index (Phi) is 5.55. The fraction of sp³-hybridized carbons (Fsp3) is 0.333. The van der Waals surface area contributed by atoms with Gasteiger partial charge in [-0.2, -0.15) is 11.3 Å². The maximum atomic E-state index is 14.2. The van der Waals surface area contributed by atoms with Crippen molar-refractivity contribution in [2.24, 2.45) is 0 Å². The Labute approximate surface area is 126 Å². The lowest BCUT2D eigenvalue weighted by Gasteiger charge is -2.19. The summed E-state index contributed by atoms with van der Waals surface area (Å²) >= 11 is 4.96. The molecule has 0 aliphatic rings. The summed E-state index contributed by atoms with van der Waals surface area (Å²) in [6.07, 6.45) is 1.87. The molecule has 0 saturated heterocycles. The molecule has 1 unspecified atom stereocenters. The average molecular weight is 342 g/mol. The van der Waals surface area contributed by atoms with Crippen molar-refractivity contribution in [3.8, 4) is 0 Å². The Bertz CT molecular complexity index is 513. The van der Waals surface area contributed by atoms with Crippen molar-refractivity contribution in [3.63, 3.8) is 0 Å². The van der Waals surface area contributed by atoms with Gasteiger partial charge in [0.25, 0.3) is 0 Å². The van der Waals surface area contributed by atoms with Crippen LogP contribution in [0.5, 0.6) is 0 Å². The van der Waals surface area contributed by atoms with Gasteiger partial charge in [0.05, 0.1) is 4.47 Å². The third kappa shape index (κ3) is 3.88. The van der Waals surface area contributed by atoms with Crippen molar-refractivity contribution in [2.75, 3.05) is 6.54 Å². The Morgan fingerprint density at radius 2 is 2.21 bits per heavy atom. The molecular formula is C15H17BrFNS. The lowest BCUT2D eigenvalue weighted by Crippen LogP contribution is -2.22. The van der Waals surface area contributed by atoms with Crippen LogP contribution in [-0.4, -0.2) is 6.54 Å². The molecule has 0 saturated carbocycles. The van der Waals surface area contributed by atoms with Gasteiger partial charge in [-0.1, -0.05) is 19.1 Å². The second-order valence-electron chi connectivity index (χ2n) is 4.42. The molecule has 4 heteroatoms. The van der Waals surface area contributed by atoms with E-state index in [0.717, 1.165) is 24.9 Å². The summed E-state index contributed by atoms with van der Waals surface area (Å²) in [5, 5.41) is 7.61. The Morgan fingerprint density at radius 3 is 2.89 bits per heavy atom. The van der Waals surface area contributed by atoms with Crippen LogP contribution in [0.15, 0.2) is 39.5 Å².